The summed E-state index contributed by atoms with van der Waals surface area (Å²) < 4.78 is 37.5. The molecule has 1 aliphatic heterocycles. The van der Waals surface area contributed by atoms with Crippen LogP contribution in [0.1, 0.15) is 19.8 Å². The van der Waals surface area contributed by atoms with Gasteiger partial charge >= 0.3 is 6.30 Å². The molecule has 1 rings (SSSR count). The van der Waals surface area contributed by atoms with Gasteiger partial charge in [-0.05, 0) is 13.3 Å². The topological polar surface area (TPSA) is 49.5 Å². The number of hydrogen-bond acceptors (Lipinski definition) is 3. The molecular formula is C8H13F3N2O. The molecule has 3 nitrogen and oxygen atoms in total. The standard InChI is InChI=1S/C8H13F3N2O/c1-5-2-6(12)3-7(4-14)13(5)8(9,10)11/h4-6,14H,2-3,12H2,1H3/b7-4+. The van der Waals surface area contributed by atoms with Crippen molar-refractivity contribution >= 4 is 0 Å². The summed E-state index contributed by atoms with van der Waals surface area (Å²) in [5, 5.41) is 8.70. The van der Waals surface area contributed by atoms with Gasteiger partial charge in [0.15, 0.2) is 0 Å². The predicted molar refractivity (Wildman–Crippen MR) is 45.3 cm³/mol. The maximum absolute atomic E-state index is 12.5. The second kappa shape index (κ2) is 3.68. The van der Waals surface area contributed by atoms with Gasteiger partial charge in [0.2, 0.25) is 0 Å². The third-order valence-corrected chi connectivity index (χ3v) is 2.29. The molecule has 0 spiro atoms. The van der Waals surface area contributed by atoms with Crippen molar-refractivity contribution in [2.75, 3.05) is 0 Å². The number of aliphatic hydroxyl groups is 1. The van der Waals surface area contributed by atoms with E-state index in [0.717, 1.165) is 0 Å². The number of piperidine rings is 1. The first-order chi connectivity index (χ1) is 6.36. The lowest BCUT2D eigenvalue weighted by atomic mass is 9.97. The SMILES string of the molecule is CC1CC(N)C/C(=C\O)N1C(F)(F)F. The van der Waals surface area contributed by atoms with Crippen LogP contribution >= 0.6 is 0 Å². The lowest BCUT2D eigenvalue weighted by molar-refractivity contribution is -0.249. The van der Waals surface area contributed by atoms with Crippen LogP contribution in [-0.2, 0) is 0 Å². The van der Waals surface area contributed by atoms with Crippen molar-refractivity contribution in [3.05, 3.63) is 12.0 Å². The third-order valence-electron chi connectivity index (χ3n) is 2.29. The van der Waals surface area contributed by atoms with Crippen molar-refractivity contribution in [1.82, 2.24) is 4.90 Å². The molecule has 3 N–H and O–H groups in total. The molecule has 0 aromatic carbocycles. The zero-order chi connectivity index (χ0) is 10.9. The van der Waals surface area contributed by atoms with E-state index >= 15 is 0 Å². The first-order valence-electron chi connectivity index (χ1n) is 4.31. The van der Waals surface area contributed by atoms with Crippen LogP contribution in [0.25, 0.3) is 0 Å². The fourth-order valence-corrected chi connectivity index (χ4v) is 1.80. The van der Waals surface area contributed by atoms with E-state index < -0.39 is 12.3 Å². The smallest absolute Gasteiger partial charge is 0.485 e. The van der Waals surface area contributed by atoms with E-state index in [0.29, 0.717) is 6.26 Å². The molecule has 2 unspecified atom stereocenters. The highest BCUT2D eigenvalue weighted by atomic mass is 19.4. The van der Waals surface area contributed by atoms with Crippen molar-refractivity contribution in [3.63, 3.8) is 0 Å². The van der Waals surface area contributed by atoms with E-state index in [9.17, 15) is 13.2 Å². The molecule has 1 aliphatic rings. The van der Waals surface area contributed by atoms with Crippen LogP contribution in [-0.4, -0.2) is 28.4 Å². The van der Waals surface area contributed by atoms with Gasteiger partial charge < -0.3 is 10.8 Å². The van der Waals surface area contributed by atoms with Crippen molar-refractivity contribution in [3.8, 4) is 0 Å². The van der Waals surface area contributed by atoms with Gasteiger partial charge in [-0.25, -0.2) is 0 Å². The van der Waals surface area contributed by atoms with Crippen LogP contribution in [0.4, 0.5) is 13.2 Å². The van der Waals surface area contributed by atoms with Crippen LogP contribution < -0.4 is 5.73 Å². The minimum absolute atomic E-state index is 0.0559. The van der Waals surface area contributed by atoms with E-state index in [1.165, 1.54) is 6.92 Å². The summed E-state index contributed by atoms with van der Waals surface area (Å²) in [7, 11) is 0. The molecule has 0 saturated carbocycles. The largest absolute Gasteiger partial charge is 0.514 e. The Hall–Kier alpha value is -0.910. The number of likely N-dealkylation sites (tertiary alicyclic amines) is 1. The van der Waals surface area contributed by atoms with Crippen molar-refractivity contribution in [1.29, 1.82) is 0 Å². The Labute approximate surface area is 80.0 Å². The Morgan fingerprint density at radius 1 is 1.57 bits per heavy atom. The molecule has 0 aliphatic carbocycles. The summed E-state index contributed by atoms with van der Waals surface area (Å²) in [6, 6.07) is -1.04. The van der Waals surface area contributed by atoms with Gasteiger partial charge in [0, 0.05) is 18.5 Å². The van der Waals surface area contributed by atoms with Gasteiger partial charge in [-0.2, -0.15) is 13.2 Å². The van der Waals surface area contributed by atoms with E-state index in [-0.39, 0.29) is 29.5 Å². The average molecular weight is 210 g/mol. The number of alkyl halides is 3. The zero-order valence-corrected chi connectivity index (χ0v) is 7.75. The predicted octanol–water partition coefficient (Wildman–Crippen LogP) is 1.72. The van der Waals surface area contributed by atoms with E-state index in [2.05, 4.69) is 0 Å². The van der Waals surface area contributed by atoms with E-state index in [1.807, 2.05) is 0 Å². The lowest BCUT2D eigenvalue weighted by Gasteiger charge is -2.40. The van der Waals surface area contributed by atoms with Crippen molar-refractivity contribution in [2.24, 2.45) is 5.73 Å². The van der Waals surface area contributed by atoms with Crippen LogP contribution in [0.3, 0.4) is 0 Å². The van der Waals surface area contributed by atoms with Crippen LogP contribution in [0, 0.1) is 0 Å². The first kappa shape index (κ1) is 11.2. The normalized spacial score (nSPS) is 32.4. The highest BCUT2D eigenvalue weighted by Gasteiger charge is 2.44. The first-order valence-corrected chi connectivity index (χ1v) is 4.31. The minimum atomic E-state index is -4.45. The van der Waals surface area contributed by atoms with Crippen LogP contribution in [0.15, 0.2) is 12.0 Å². The molecule has 1 heterocycles. The van der Waals surface area contributed by atoms with Gasteiger partial charge in [-0.3, -0.25) is 4.90 Å². The summed E-state index contributed by atoms with van der Waals surface area (Å²) in [5.41, 5.74) is 5.39. The zero-order valence-electron chi connectivity index (χ0n) is 7.75. The van der Waals surface area contributed by atoms with Gasteiger partial charge in [0.25, 0.3) is 0 Å². The Kier molecular flexibility index (Phi) is 2.94. The van der Waals surface area contributed by atoms with Gasteiger partial charge in [-0.1, -0.05) is 0 Å². The Bertz CT molecular complexity index is 239. The molecule has 2 atom stereocenters. The molecule has 82 valence electrons. The molecular weight excluding hydrogens is 197 g/mol. The molecule has 1 fully saturated rings. The highest BCUT2D eigenvalue weighted by Crippen LogP contribution is 2.35. The number of nitrogens with two attached hydrogens (primary N) is 1. The van der Waals surface area contributed by atoms with Crippen molar-refractivity contribution in [2.45, 2.75) is 38.1 Å². The molecule has 0 aromatic heterocycles. The maximum atomic E-state index is 12.5. The van der Waals surface area contributed by atoms with Gasteiger partial charge in [0.05, 0.1) is 12.0 Å². The number of hydrogen-bond donors (Lipinski definition) is 2. The minimum Gasteiger partial charge on any atom is -0.514 e. The number of nitrogens with zero attached hydrogens (tertiary/aromatic N) is 1. The molecule has 0 bridgehead atoms. The van der Waals surface area contributed by atoms with E-state index in [1.54, 1.807) is 0 Å². The summed E-state index contributed by atoms with van der Waals surface area (Å²) in [6.07, 6.45) is -3.63. The Balaban J connectivity index is 2.91. The molecule has 14 heavy (non-hydrogen) atoms. The monoisotopic (exact) mass is 210 g/mol. The average Bonchev–Trinajstić information content (AvgIpc) is 1.99. The molecule has 0 aromatic rings. The van der Waals surface area contributed by atoms with Crippen LogP contribution in [0.5, 0.6) is 0 Å². The molecule has 6 heteroatoms. The number of rotatable bonds is 0. The summed E-state index contributed by atoms with van der Waals surface area (Å²) in [4.78, 5) is 0.260. The third kappa shape index (κ3) is 2.12. The fourth-order valence-electron chi connectivity index (χ4n) is 1.80. The second-order valence-electron chi connectivity index (χ2n) is 3.51. The highest BCUT2D eigenvalue weighted by molar-refractivity contribution is 5.07. The number of aliphatic hydroxyl groups excluding tert-OH is 1. The van der Waals surface area contributed by atoms with Gasteiger partial charge in [0.1, 0.15) is 0 Å². The summed E-state index contributed by atoms with van der Waals surface area (Å²) in [6.45, 7) is 1.44. The number of halogens is 3. The molecule has 0 radical (unpaired) electrons. The van der Waals surface area contributed by atoms with Crippen molar-refractivity contribution < 1.29 is 18.3 Å². The Morgan fingerprint density at radius 3 is 2.57 bits per heavy atom. The van der Waals surface area contributed by atoms with E-state index in [4.69, 9.17) is 10.8 Å². The Morgan fingerprint density at radius 2 is 2.14 bits per heavy atom. The summed E-state index contributed by atoms with van der Waals surface area (Å²) >= 11 is 0. The quantitative estimate of drug-likeness (QED) is 0.472. The summed E-state index contributed by atoms with van der Waals surface area (Å²) in [5.74, 6) is 0. The lowest BCUT2D eigenvalue weighted by Crippen LogP contribution is -2.50. The fraction of sp³-hybridized carbons (Fsp3) is 0.750. The van der Waals surface area contributed by atoms with Crippen LogP contribution in [0.2, 0.25) is 0 Å². The second-order valence-corrected chi connectivity index (χ2v) is 3.51. The molecule has 1 saturated heterocycles. The molecule has 0 amide bonds. The van der Waals surface area contributed by atoms with Gasteiger partial charge in [-0.15, -0.1) is 0 Å². The maximum Gasteiger partial charge on any atom is 0.485 e.